The van der Waals surface area contributed by atoms with Gasteiger partial charge in [0.05, 0.1) is 0 Å². The van der Waals surface area contributed by atoms with Crippen molar-refractivity contribution in [3.63, 3.8) is 0 Å². The Morgan fingerprint density at radius 3 is 2.33 bits per heavy atom. The van der Waals surface area contributed by atoms with E-state index >= 15 is 0 Å². The van der Waals surface area contributed by atoms with Crippen molar-refractivity contribution in [2.45, 2.75) is 33.6 Å². The number of allylic oxidation sites excluding steroid dienone is 1. The van der Waals surface area contributed by atoms with Crippen LogP contribution in [0.15, 0.2) is 12.7 Å². The van der Waals surface area contributed by atoms with Gasteiger partial charge in [0.2, 0.25) is 0 Å². The van der Waals surface area contributed by atoms with Crippen molar-refractivity contribution >= 4 is 0 Å². The second kappa shape index (κ2) is 4.60. The summed E-state index contributed by atoms with van der Waals surface area (Å²) >= 11 is 0. The summed E-state index contributed by atoms with van der Waals surface area (Å²) in [4.78, 5) is 0. The van der Waals surface area contributed by atoms with Crippen molar-refractivity contribution in [2.75, 3.05) is 0 Å². The highest BCUT2D eigenvalue weighted by molar-refractivity contribution is 4.78. The Morgan fingerprint density at radius 2 is 2.00 bits per heavy atom. The van der Waals surface area contributed by atoms with E-state index in [1.807, 2.05) is 6.08 Å². The van der Waals surface area contributed by atoms with E-state index in [0.717, 1.165) is 5.92 Å². The summed E-state index contributed by atoms with van der Waals surface area (Å²) in [5, 5.41) is 0. The van der Waals surface area contributed by atoms with Crippen molar-refractivity contribution in [2.24, 2.45) is 11.8 Å². The molecule has 0 rings (SSSR count). The first-order valence-corrected chi connectivity index (χ1v) is 3.84. The van der Waals surface area contributed by atoms with Crippen LogP contribution in [-0.2, 0) is 0 Å². The van der Waals surface area contributed by atoms with Crippen molar-refractivity contribution < 1.29 is 0 Å². The van der Waals surface area contributed by atoms with Crippen LogP contribution in [0.5, 0.6) is 0 Å². The van der Waals surface area contributed by atoms with E-state index in [1.54, 1.807) is 0 Å². The second-order valence-electron chi connectivity index (χ2n) is 2.86. The molecule has 0 heterocycles. The molecule has 0 heteroatoms. The predicted octanol–water partition coefficient (Wildman–Crippen LogP) is 3.24. The summed E-state index contributed by atoms with van der Waals surface area (Å²) in [6, 6.07) is 0. The molecule has 0 N–H and O–H groups in total. The Morgan fingerprint density at radius 1 is 1.44 bits per heavy atom. The zero-order chi connectivity index (χ0) is 7.28. The highest BCUT2D eigenvalue weighted by Crippen LogP contribution is 2.16. The fourth-order valence-electron chi connectivity index (χ4n) is 0.951. The van der Waals surface area contributed by atoms with Crippen LogP contribution in [0.25, 0.3) is 0 Å². The SMILES string of the molecule is C=C[C@H](C)[C@H](C)CCC. The van der Waals surface area contributed by atoms with Crippen LogP contribution < -0.4 is 0 Å². The van der Waals surface area contributed by atoms with Crippen molar-refractivity contribution in [1.82, 2.24) is 0 Å². The Balaban J connectivity index is 3.44. The zero-order valence-electron chi connectivity index (χ0n) is 6.85. The number of rotatable bonds is 4. The van der Waals surface area contributed by atoms with Gasteiger partial charge in [0.1, 0.15) is 0 Å². The molecule has 0 saturated carbocycles. The molecule has 0 unspecified atom stereocenters. The van der Waals surface area contributed by atoms with Gasteiger partial charge in [-0.3, -0.25) is 0 Å². The van der Waals surface area contributed by atoms with Gasteiger partial charge in [0, 0.05) is 0 Å². The molecule has 54 valence electrons. The molecule has 0 aliphatic heterocycles. The van der Waals surface area contributed by atoms with E-state index in [0.29, 0.717) is 5.92 Å². The minimum Gasteiger partial charge on any atom is -0.103 e. The first kappa shape index (κ1) is 8.74. The standard InChI is InChI=1S/C9H18/c1-5-7-9(4)8(3)6-2/h6,8-9H,2,5,7H2,1,3-4H3/t8-,9+/m0/s1. The first-order chi connectivity index (χ1) is 4.22. The molecule has 0 radical (unpaired) electrons. The van der Waals surface area contributed by atoms with Crippen LogP contribution in [0.2, 0.25) is 0 Å². The summed E-state index contributed by atoms with van der Waals surface area (Å²) in [7, 11) is 0. The molecule has 9 heavy (non-hydrogen) atoms. The summed E-state index contributed by atoms with van der Waals surface area (Å²) < 4.78 is 0. The average molecular weight is 126 g/mol. The number of hydrogen-bond donors (Lipinski definition) is 0. The van der Waals surface area contributed by atoms with Gasteiger partial charge in [0.15, 0.2) is 0 Å². The molecule has 0 saturated heterocycles. The van der Waals surface area contributed by atoms with Gasteiger partial charge in [-0.1, -0.05) is 39.7 Å². The third kappa shape index (κ3) is 3.34. The fraction of sp³-hybridized carbons (Fsp3) is 0.778. The molecule has 0 spiro atoms. The van der Waals surface area contributed by atoms with Gasteiger partial charge in [-0.15, -0.1) is 6.58 Å². The van der Waals surface area contributed by atoms with Gasteiger partial charge in [-0.2, -0.15) is 0 Å². The Kier molecular flexibility index (Phi) is 4.47. The van der Waals surface area contributed by atoms with Gasteiger partial charge in [-0.25, -0.2) is 0 Å². The van der Waals surface area contributed by atoms with Crippen LogP contribution in [0, 0.1) is 11.8 Å². The van der Waals surface area contributed by atoms with E-state index in [4.69, 9.17) is 0 Å². The van der Waals surface area contributed by atoms with E-state index in [1.165, 1.54) is 12.8 Å². The third-order valence-electron chi connectivity index (χ3n) is 2.01. The summed E-state index contributed by atoms with van der Waals surface area (Å²) in [6.07, 6.45) is 4.66. The van der Waals surface area contributed by atoms with Crippen molar-refractivity contribution in [3.8, 4) is 0 Å². The highest BCUT2D eigenvalue weighted by Gasteiger charge is 2.05. The highest BCUT2D eigenvalue weighted by atomic mass is 14.1. The summed E-state index contributed by atoms with van der Waals surface area (Å²) in [5.74, 6) is 1.50. The Bertz CT molecular complexity index is 74.1. The predicted molar refractivity (Wildman–Crippen MR) is 43.4 cm³/mol. The molecular formula is C9H18. The smallest absolute Gasteiger partial charge is 0.0239 e. The van der Waals surface area contributed by atoms with Crippen LogP contribution in [0.3, 0.4) is 0 Å². The second-order valence-corrected chi connectivity index (χ2v) is 2.86. The molecular weight excluding hydrogens is 108 g/mol. The first-order valence-electron chi connectivity index (χ1n) is 3.84. The lowest BCUT2D eigenvalue weighted by Crippen LogP contribution is -2.03. The molecule has 0 aromatic carbocycles. The minimum atomic E-state index is 0.685. The maximum Gasteiger partial charge on any atom is -0.0239 e. The third-order valence-corrected chi connectivity index (χ3v) is 2.01. The molecule has 0 fully saturated rings. The van der Waals surface area contributed by atoms with Crippen molar-refractivity contribution in [1.29, 1.82) is 0 Å². The quantitative estimate of drug-likeness (QED) is 0.507. The molecule has 0 aromatic rings. The van der Waals surface area contributed by atoms with Gasteiger partial charge >= 0.3 is 0 Å². The van der Waals surface area contributed by atoms with Gasteiger partial charge in [-0.05, 0) is 11.8 Å². The zero-order valence-corrected chi connectivity index (χ0v) is 6.85. The molecule has 0 bridgehead atoms. The van der Waals surface area contributed by atoms with E-state index in [2.05, 4.69) is 27.4 Å². The lowest BCUT2D eigenvalue weighted by atomic mass is 9.92. The lowest BCUT2D eigenvalue weighted by Gasteiger charge is -2.13. The molecule has 2 atom stereocenters. The molecule has 0 aromatic heterocycles. The van der Waals surface area contributed by atoms with E-state index in [9.17, 15) is 0 Å². The number of hydrogen-bond acceptors (Lipinski definition) is 0. The molecule has 0 aliphatic carbocycles. The summed E-state index contributed by atoms with van der Waals surface area (Å²) in [6.45, 7) is 10.5. The maximum absolute atomic E-state index is 3.76. The maximum atomic E-state index is 3.76. The van der Waals surface area contributed by atoms with E-state index < -0.39 is 0 Å². The van der Waals surface area contributed by atoms with E-state index in [-0.39, 0.29) is 0 Å². The van der Waals surface area contributed by atoms with Gasteiger partial charge < -0.3 is 0 Å². The Hall–Kier alpha value is -0.260. The molecule has 0 aliphatic rings. The average Bonchev–Trinajstić information content (AvgIpc) is 1.87. The van der Waals surface area contributed by atoms with Gasteiger partial charge in [0.25, 0.3) is 0 Å². The minimum absolute atomic E-state index is 0.685. The fourth-order valence-corrected chi connectivity index (χ4v) is 0.951. The monoisotopic (exact) mass is 126 g/mol. The Labute approximate surface area is 59.0 Å². The van der Waals surface area contributed by atoms with Crippen LogP contribution in [0.1, 0.15) is 33.6 Å². The van der Waals surface area contributed by atoms with Crippen molar-refractivity contribution in [3.05, 3.63) is 12.7 Å². The lowest BCUT2D eigenvalue weighted by molar-refractivity contribution is 0.424. The topological polar surface area (TPSA) is 0 Å². The molecule has 0 amide bonds. The summed E-state index contributed by atoms with van der Waals surface area (Å²) in [5.41, 5.74) is 0. The largest absolute Gasteiger partial charge is 0.103 e. The van der Waals surface area contributed by atoms with Crippen LogP contribution >= 0.6 is 0 Å². The van der Waals surface area contributed by atoms with Crippen LogP contribution in [0.4, 0.5) is 0 Å². The molecule has 0 nitrogen and oxygen atoms in total. The van der Waals surface area contributed by atoms with Crippen LogP contribution in [-0.4, -0.2) is 0 Å². The normalized spacial score (nSPS) is 16.8.